The molecule has 21 heavy (non-hydrogen) atoms. The average Bonchev–Trinajstić information content (AvgIpc) is 2.78. The lowest BCUT2D eigenvalue weighted by Gasteiger charge is -2.18. The zero-order valence-corrected chi connectivity index (χ0v) is 13.8. The van der Waals surface area contributed by atoms with Gasteiger partial charge < -0.3 is 10.6 Å². The van der Waals surface area contributed by atoms with Gasteiger partial charge in [-0.15, -0.1) is 11.3 Å². The Bertz CT molecular complexity index is 607. The average molecular weight is 302 g/mol. The summed E-state index contributed by atoms with van der Waals surface area (Å²) in [6, 6.07) is 12.0. The van der Waals surface area contributed by atoms with Crippen LogP contribution in [0.25, 0.3) is 0 Å². The molecule has 0 aliphatic carbocycles. The van der Waals surface area contributed by atoms with Crippen molar-refractivity contribution < 1.29 is 4.79 Å². The molecule has 1 aromatic heterocycles. The Hall–Kier alpha value is -1.81. The summed E-state index contributed by atoms with van der Waals surface area (Å²) in [4.78, 5) is 14.6. The van der Waals surface area contributed by atoms with Crippen LogP contribution in [0.3, 0.4) is 0 Å². The highest BCUT2D eigenvalue weighted by atomic mass is 32.1. The van der Waals surface area contributed by atoms with E-state index >= 15 is 0 Å². The summed E-state index contributed by atoms with van der Waals surface area (Å²) in [5.41, 5.74) is 2.29. The van der Waals surface area contributed by atoms with Gasteiger partial charge in [-0.3, -0.25) is 0 Å². The van der Waals surface area contributed by atoms with E-state index in [9.17, 15) is 4.79 Å². The van der Waals surface area contributed by atoms with Crippen molar-refractivity contribution in [2.75, 3.05) is 0 Å². The lowest BCUT2D eigenvalue weighted by molar-refractivity contribution is 0.235. The number of hydrogen-bond acceptors (Lipinski definition) is 2. The molecule has 2 atom stereocenters. The maximum atomic E-state index is 12.1. The van der Waals surface area contributed by atoms with E-state index < -0.39 is 0 Å². The van der Waals surface area contributed by atoms with Gasteiger partial charge in [0.05, 0.1) is 12.1 Å². The second-order valence-electron chi connectivity index (χ2n) is 5.34. The number of aryl methyl sites for hydroxylation is 2. The number of carbonyl (C=O) groups excluding carboxylic acids is 1. The van der Waals surface area contributed by atoms with E-state index in [4.69, 9.17) is 0 Å². The van der Waals surface area contributed by atoms with Crippen LogP contribution in [-0.2, 0) is 0 Å². The summed E-state index contributed by atoms with van der Waals surface area (Å²) in [5, 5.41) is 5.98. The standard InChI is InChI=1S/C17H22N2OS/c1-11-10-16(14(4)21-11)13(3)19-17(20)18-12(2)15-8-6-5-7-9-15/h5-10,12-13H,1-4H3,(H2,18,19,20)/t12-,13+/m0/s1. The molecule has 0 aliphatic rings. The van der Waals surface area contributed by atoms with Crippen LogP contribution in [-0.4, -0.2) is 6.03 Å². The lowest BCUT2D eigenvalue weighted by Crippen LogP contribution is -2.38. The van der Waals surface area contributed by atoms with Crippen molar-refractivity contribution in [3.63, 3.8) is 0 Å². The van der Waals surface area contributed by atoms with E-state index in [-0.39, 0.29) is 18.1 Å². The predicted molar refractivity (Wildman–Crippen MR) is 88.7 cm³/mol. The van der Waals surface area contributed by atoms with Gasteiger partial charge in [-0.05, 0) is 44.9 Å². The first-order chi connectivity index (χ1) is 9.97. The first kappa shape index (κ1) is 15.6. The molecule has 0 saturated carbocycles. The summed E-state index contributed by atoms with van der Waals surface area (Å²) < 4.78 is 0. The highest BCUT2D eigenvalue weighted by molar-refractivity contribution is 7.12. The SMILES string of the molecule is Cc1cc([C@@H](C)NC(=O)N[C@@H](C)c2ccccc2)c(C)s1. The van der Waals surface area contributed by atoms with Gasteiger partial charge in [0.15, 0.2) is 0 Å². The normalized spacial score (nSPS) is 13.5. The third-order valence-electron chi connectivity index (χ3n) is 3.54. The number of urea groups is 1. The lowest BCUT2D eigenvalue weighted by atomic mass is 10.1. The van der Waals surface area contributed by atoms with Crippen LogP contribution < -0.4 is 10.6 Å². The fourth-order valence-electron chi connectivity index (χ4n) is 2.42. The van der Waals surface area contributed by atoms with Gasteiger partial charge in [-0.25, -0.2) is 4.79 Å². The van der Waals surface area contributed by atoms with E-state index in [1.54, 1.807) is 11.3 Å². The van der Waals surface area contributed by atoms with E-state index in [2.05, 4.69) is 30.5 Å². The third kappa shape index (κ3) is 4.08. The number of amides is 2. The Morgan fingerprint density at radius 2 is 1.67 bits per heavy atom. The Kier molecular flexibility index (Phi) is 5.02. The molecule has 4 heteroatoms. The Morgan fingerprint density at radius 1 is 1.05 bits per heavy atom. The number of carbonyl (C=O) groups is 1. The number of benzene rings is 1. The molecule has 1 aromatic carbocycles. The molecule has 0 bridgehead atoms. The maximum Gasteiger partial charge on any atom is 0.315 e. The predicted octanol–water partition coefficient (Wildman–Crippen LogP) is 4.49. The molecule has 0 radical (unpaired) electrons. The van der Waals surface area contributed by atoms with E-state index in [0.717, 1.165) is 5.56 Å². The zero-order valence-electron chi connectivity index (χ0n) is 12.9. The van der Waals surface area contributed by atoms with Gasteiger partial charge in [-0.2, -0.15) is 0 Å². The van der Waals surface area contributed by atoms with Crippen molar-refractivity contribution in [1.82, 2.24) is 10.6 Å². The smallest absolute Gasteiger partial charge is 0.315 e. The molecule has 0 spiro atoms. The number of thiophene rings is 1. The van der Waals surface area contributed by atoms with Crippen LogP contribution >= 0.6 is 11.3 Å². The van der Waals surface area contributed by atoms with Gasteiger partial charge in [0.1, 0.15) is 0 Å². The van der Waals surface area contributed by atoms with Crippen molar-refractivity contribution in [3.05, 3.63) is 57.3 Å². The van der Waals surface area contributed by atoms with Crippen LogP contribution in [0.1, 0.15) is 46.8 Å². The Labute approximate surface area is 130 Å². The second kappa shape index (κ2) is 6.76. The van der Waals surface area contributed by atoms with Crippen LogP contribution in [0, 0.1) is 13.8 Å². The third-order valence-corrected chi connectivity index (χ3v) is 4.52. The molecule has 0 saturated heterocycles. The molecule has 0 fully saturated rings. The molecule has 112 valence electrons. The van der Waals surface area contributed by atoms with Crippen molar-refractivity contribution in [2.45, 2.75) is 39.8 Å². The van der Waals surface area contributed by atoms with Crippen molar-refractivity contribution in [3.8, 4) is 0 Å². The van der Waals surface area contributed by atoms with E-state index in [0.29, 0.717) is 0 Å². The first-order valence-corrected chi connectivity index (χ1v) is 7.98. The minimum Gasteiger partial charge on any atom is -0.332 e. The first-order valence-electron chi connectivity index (χ1n) is 7.16. The van der Waals surface area contributed by atoms with E-state index in [1.807, 2.05) is 44.2 Å². The van der Waals surface area contributed by atoms with Gasteiger partial charge in [0.25, 0.3) is 0 Å². The molecule has 0 aliphatic heterocycles. The molecular formula is C17H22N2OS. The van der Waals surface area contributed by atoms with Gasteiger partial charge in [0.2, 0.25) is 0 Å². The van der Waals surface area contributed by atoms with Crippen molar-refractivity contribution in [1.29, 1.82) is 0 Å². The number of nitrogens with one attached hydrogen (secondary N) is 2. The minimum atomic E-state index is -0.137. The van der Waals surface area contributed by atoms with Gasteiger partial charge in [0, 0.05) is 9.75 Å². The van der Waals surface area contributed by atoms with Gasteiger partial charge >= 0.3 is 6.03 Å². The van der Waals surface area contributed by atoms with Crippen LogP contribution in [0.5, 0.6) is 0 Å². The highest BCUT2D eigenvalue weighted by Gasteiger charge is 2.15. The van der Waals surface area contributed by atoms with Crippen LogP contribution in [0.2, 0.25) is 0 Å². The molecular weight excluding hydrogens is 280 g/mol. The van der Waals surface area contributed by atoms with Crippen molar-refractivity contribution >= 4 is 17.4 Å². The Balaban J connectivity index is 1.94. The van der Waals surface area contributed by atoms with Gasteiger partial charge in [-0.1, -0.05) is 30.3 Å². The fourth-order valence-corrected chi connectivity index (χ4v) is 3.44. The minimum absolute atomic E-state index is 0.0105. The summed E-state index contributed by atoms with van der Waals surface area (Å²) >= 11 is 1.76. The Morgan fingerprint density at radius 3 is 2.24 bits per heavy atom. The fraction of sp³-hybridized carbons (Fsp3) is 0.353. The molecule has 2 rings (SSSR count). The molecule has 0 unspecified atom stereocenters. The second-order valence-corrected chi connectivity index (χ2v) is 6.80. The monoisotopic (exact) mass is 302 g/mol. The zero-order chi connectivity index (χ0) is 15.4. The molecule has 2 N–H and O–H groups in total. The highest BCUT2D eigenvalue weighted by Crippen LogP contribution is 2.26. The van der Waals surface area contributed by atoms with Crippen LogP contribution in [0.4, 0.5) is 4.79 Å². The topological polar surface area (TPSA) is 41.1 Å². The summed E-state index contributed by atoms with van der Waals surface area (Å²) in [6.45, 7) is 8.18. The largest absolute Gasteiger partial charge is 0.332 e. The quantitative estimate of drug-likeness (QED) is 0.858. The van der Waals surface area contributed by atoms with Crippen LogP contribution in [0.15, 0.2) is 36.4 Å². The molecule has 1 heterocycles. The number of rotatable bonds is 4. The maximum absolute atomic E-state index is 12.1. The summed E-state index contributed by atoms with van der Waals surface area (Å²) in [7, 11) is 0. The molecule has 3 nitrogen and oxygen atoms in total. The summed E-state index contributed by atoms with van der Waals surface area (Å²) in [6.07, 6.45) is 0. The molecule has 2 aromatic rings. The summed E-state index contributed by atoms with van der Waals surface area (Å²) in [5.74, 6) is 0. The molecule has 2 amide bonds. The number of hydrogen-bond donors (Lipinski definition) is 2. The van der Waals surface area contributed by atoms with E-state index in [1.165, 1.54) is 15.3 Å². The van der Waals surface area contributed by atoms with Crippen molar-refractivity contribution in [2.24, 2.45) is 0 Å².